The van der Waals surface area contributed by atoms with E-state index in [1.54, 1.807) is 24.7 Å². The standard InChI is InChI=1S/C16H20N4O3/c1-2-6-17-14(21)10-20-7-3-12(4-8-20)15-18-19-16(23-15)13-5-9-22-11-13/h2,5,9,11-12H,1,3-4,6-8,10H2,(H,17,21). The lowest BCUT2D eigenvalue weighted by molar-refractivity contribution is -0.122. The van der Waals surface area contributed by atoms with Crippen LogP contribution in [-0.4, -0.2) is 47.2 Å². The summed E-state index contributed by atoms with van der Waals surface area (Å²) in [5.74, 6) is 1.43. The summed E-state index contributed by atoms with van der Waals surface area (Å²) in [4.78, 5) is 13.8. The van der Waals surface area contributed by atoms with Crippen molar-refractivity contribution in [3.8, 4) is 11.5 Å². The molecule has 122 valence electrons. The van der Waals surface area contributed by atoms with Gasteiger partial charge < -0.3 is 14.2 Å². The van der Waals surface area contributed by atoms with Crippen LogP contribution in [0.2, 0.25) is 0 Å². The third-order valence-corrected chi connectivity index (χ3v) is 3.96. The molecule has 0 aromatic carbocycles. The molecule has 1 fully saturated rings. The number of nitrogens with one attached hydrogen (secondary N) is 1. The highest BCUT2D eigenvalue weighted by Crippen LogP contribution is 2.29. The Morgan fingerprint density at radius 1 is 1.43 bits per heavy atom. The Balaban J connectivity index is 1.51. The van der Waals surface area contributed by atoms with Crippen LogP contribution in [0.4, 0.5) is 0 Å². The molecule has 3 rings (SSSR count). The molecule has 0 aliphatic carbocycles. The first-order valence-corrected chi connectivity index (χ1v) is 7.72. The number of hydrogen-bond donors (Lipinski definition) is 1. The number of hydrogen-bond acceptors (Lipinski definition) is 6. The summed E-state index contributed by atoms with van der Waals surface area (Å²) in [5, 5.41) is 11.0. The zero-order valence-electron chi connectivity index (χ0n) is 12.9. The average Bonchev–Trinajstić information content (AvgIpc) is 3.24. The second-order valence-electron chi connectivity index (χ2n) is 5.60. The summed E-state index contributed by atoms with van der Waals surface area (Å²) < 4.78 is 10.8. The van der Waals surface area contributed by atoms with E-state index in [-0.39, 0.29) is 11.8 Å². The molecule has 7 nitrogen and oxygen atoms in total. The maximum atomic E-state index is 11.7. The van der Waals surface area contributed by atoms with Crippen LogP contribution in [-0.2, 0) is 4.79 Å². The van der Waals surface area contributed by atoms with Crippen LogP contribution in [0.1, 0.15) is 24.7 Å². The fourth-order valence-electron chi connectivity index (χ4n) is 2.69. The summed E-state index contributed by atoms with van der Waals surface area (Å²) in [7, 11) is 0. The van der Waals surface area contributed by atoms with E-state index in [1.165, 1.54) is 0 Å². The maximum Gasteiger partial charge on any atom is 0.250 e. The summed E-state index contributed by atoms with van der Waals surface area (Å²) in [6.45, 7) is 6.20. The van der Waals surface area contributed by atoms with E-state index < -0.39 is 0 Å². The van der Waals surface area contributed by atoms with Crippen molar-refractivity contribution in [2.24, 2.45) is 0 Å². The Labute approximate surface area is 134 Å². The summed E-state index contributed by atoms with van der Waals surface area (Å²) in [6, 6.07) is 1.79. The fraction of sp³-hybridized carbons (Fsp3) is 0.438. The van der Waals surface area contributed by atoms with Gasteiger partial charge in [0.25, 0.3) is 5.89 Å². The van der Waals surface area contributed by atoms with Crippen LogP contribution in [0.25, 0.3) is 11.5 Å². The van der Waals surface area contributed by atoms with E-state index >= 15 is 0 Å². The van der Waals surface area contributed by atoms with Gasteiger partial charge >= 0.3 is 0 Å². The molecular formula is C16H20N4O3. The molecule has 0 radical (unpaired) electrons. The van der Waals surface area contributed by atoms with E-state index in [0.717, 1.165) is 31.5 Å². The lowest BCUT2D eigenvalue weighted by Crippen LogP contribution is -2.41. The number of rotatable bonds is 6. The molecule has 0 spiro atoms. The molecule has 7 heteroatoms. The van der Waals surface area contributed by atoms with Gasteiger partial charge in [-0.15, -0.1) is 16.8 Å². The zero-order valence-corrected chi connectivity index (χ0v) is 12.9. The molecule has 1 N–H and O–H groups in total. The normalized spacial score (nSPS) is 16.3. The molecular weight excluding hydrogens is 296 g/mol. The maximum absolute atomic E-state index is 11.7. The van der Waals surface area contributed by atoms with Gasteiger partial charge in [0.15, 0.2) is 0 Å². The van der Waals surface area contributed by atoms with Crippen molar-refractivity contribution in [3.05, 3.63) is 37.1 Å². The highest BCUT2D eigenvalue weighted by Gasteiger charge is 2.26. The average molecular weight is 316 g/mol. The number of likely N-dealkylation sites (tertiary alicyclic amines) is 1. The molecule has 1 aliphatic heterocycles. The first kappa shape index (κ1) is 15.5. The lowest BCUT2D eigenvalue weighted by Gasteiger charge is -2.29. The van der Waals surface area contributed by atoms with Crippen LogP contribution in [0.15, 0.2) is 40.1 Å². The molecule has 2 aromatic rings. The van der Waals surface area contributed by atoms with Gasteiger partial charge in [0, 0.05) is 12.5 Å². The van der Waals surface area contributed by atoms with Gasteiger partial charge in [-0.25, -0.2) is 0 Å². The van der Waals surface area contributed by atoms with E-state index in [1.807, 2.05) is 0 Å². The van der Waals surface area contributed by atoms with Gasteiger partial charge in [-0.1, -0.05) is 6.08 Å². The van der Waals surface area contributed by atoms with Gasteiger partial charge in [-0.2, -0.15) is 0 Å². The summed E-state index contributed by atoms with van der Waals surface area (Å²) >= 11 is 0. The van der Waals surface area contributed by atoms with Gasteiger partial charge in [-0.3, -0.25) is 9.69 Å². The SMILES string of the molecule is C=CCNC(=O)CN1CCC(c2nnc(-c3ccoc3)o2)CC1. The molecule has 0 bridgehead atoms. The van der Waals surface area contributed by atoms with Crippen LogP contribution >= 0.6 is 0 Å². The number of carbonyl (C=O) groups is 1. The summed E-state index contributed by atoms with van der Waals surface area (Å²) in [5.41, 5.74) is 0.792. The largest absolute Gasteiger partial charge is 0.472 e. The van der Waals surface area contributed by atoms with Crippen molar-refractivity contribution in [3.63, 3.8) is 0 Å². The third-order valence-electron chi connectivity index (χ3n) is 3.96. The smallest absolute Gasteiger partial charge is 0.250 e. The highest BCUT2D eigenvalue weighted by molar-refractivity contribution is 5.78. The number of amides is 1. The Hall–Kier alpha value is -2.41. The molecule has 1 amide bonds. The fourth-order valence-corrected chi connectivity index (χ4v) is 2.69. The Kier molecular flexibility index (Phi) is 4.87. The van der Waals surface area contributed by atoms with Crippen LogP contribution in [0, 0.1) is 0 Å². The first-order chi connectivity index (χ1) is 11.3. The van der Waals surface area contributed by atoms with E-state index in [4.69, 9.17) is 8.83 Å². The number of piperidine rings is 1. The highest BCUT2D eigenvalue weighted by atomic mass is 16.4. The number of nitrogens with zero attached hydrogens (tertiary/aromatic N) is 3. The van der Waals surface area contributed by atoms with Crippen molar-refractivity contribution in [1.82, 2.24) is 20.4 Å². The summed E-state index contributed by atoms with van der Waals surface area (Å²) in [6.07, 6.45) is 6.65. The van der Waals surface area contributed by atoms with E-state index in [2.05, 4.69) is 27.0 Å². The van der Waals surface area contributed by atoms with Crippen molar-refractivity contribution in [2.75, 3.05) is 26.2 Å². The van der Waals surface area contributed by atoms with Crippen molar-refractivity contribution in [1.29, 1.82) is 0 Å². The van der Waals surface area contributed by atoms with Crippen molar-refractivity contribution < 1.29 is 13.6 Å². The first-order valence-electron chi connectivity index (χ1n) is 7.72. The topological polar surface area (TPSA) is 84.4 Å². The monoisotopic (exact) mass is 316 g/mol. The van der Waals surface area contributed by atoms with Crippen LogP contribution in [0.5, 0.6) is 0 Å². The van der Waals surface area contributed by atoms with Crippen LogP contribution in [0.3, 0.4) is 0 Å². The number of carbonyl (C=O) groups excluding carboxylic acids is 1. The molecule has 0 atom stereocenters. The second-order valence-corrected chi connectivity index (χ2v) is 5.60. The molecule has 2 aromatic heterocycles. The van der Waals surface area contributed by atoms with E-state index in [0.29, 0.717) is 24.9 Å². The quantitative estimate of drug-likeness (QED) is 0.818. The van der Waals surface area contributed by atoms with Gasteiger partial charge in [0.1, 0.15) is 6.26 Å². The number of furan rings is 1. The Morgan fingerprint density at radius 2 is 2.26 bits per heavy atom. The minimum absolute atomic E-state index is 0.0309. The minimum atomic E-state index is 0.0309. The predicted octanol–water partition coefficient (Wildman–Crippen LogP) is 1.81. The zero-order chi connectivity index (χ0) is 16.1. The molecule has 3 heterocycles. The van der Waals surface area contributed by atoms with Gasteiger partial charge in [-0.05, 0) is 32.0 Å². The van der Waals surface area contributed by atoms with Crippen molar-refractivity contribution in [2.45, 2.75) is 18.8 Å². The molecule has 23 heavy (non-hydrogen) atoms. The van der Waals surface area contributed by atoms with Crippen LogP contribution < -0.4 is 5.32 Å². The Morgan fingerprint density at radius 3 is 2.96 bits per heavy atom. The molecule has 0 saturated carbocycles. The Bertz CT molecular complexity index is 642. The van der Waals surface area contributed by atoms with Gasteiger partial charge in [0.2, 0.25) is 11.8 Å². The van der Waals surface area contributed by atoms with Gasteiger partial charge in [0.05, 0.1) is 18.4 Å². The lowest BCUT2D eigenvalue weighted by atomic mass is 9.97. The third kappa shape index (κ3) is 3.87. The van der Waals surface area contributed by atoms with Crippen molar-refractivity contribution >= 4 is 5.91 Å². The molecule has 0 unspecified atom stereocenters. The predicted molar refractivity (Wildman–Crippen MR) is 83.6 cm³/mol. The number of aromatic nitrogens is 2. The van der Waals surface area contributed by atoms with E-state index in [9.17, 15) is 4.79 Å². The molecule has 1 saturated heterocycles. The molecule has 1 aliphatic rings. The minimum Gasteiger partial charge on any atom is -0.472 e. The second kappa shape index (κ2) is 7.23.